The predicted octanol–water partition coefficient (Wildman–Crippen LogP) is 5.07. The van der Waals surface area contributed by atoms with Gasteiger partial charge in [-0.25, -0.2) is 0 Å². The summed E-state index contributed by atoms with van der Waals surface area (Å²) in [5, 5.41) is 12.8. The maximum absolute atomic E-state index is 12.1. The van der Waals surface area contributed by atoms with Crippen molar-refractivity contribution >= 4 is 35.2 Å². The van der Waals surface area contributed by atoms with Crippen LogP contribution in [0.25, 0.3) is 17.4 Å². The van der Waals surface area contributed by atoms with Crippen molar-refractivity contribution in [1.29, 1.82) is 5.26 Å². The second-order valence-corrected chi connectivity index (χ2v) is 6.10. The van der Waals surface area contributed by atoms with E-state index in [2.05, 4.69) is 5.32 Å². The average Bonchev–Trinajstić information content (AvgIpc) is 3.29. The highest BCUT2D eigenvalue weighted by Gasteiger charge is 2.12. The van der Waals surface area contributed by atoms with Crippen LogP contribution in [0.2, 0.25) is 10.0 Å². The second-order valence-electron chi connectivity index (χ2n) is 5.26. The quantitative estimate of drug-likeness (QED) is 0.490. The van der Waals surface area contributed by atoms with E-state index in [1.807, 2.05) is 6.07 Å². The van der Waals surface area contributed by atoms with E-state index in [0.29, 0.717) is 32.9 Å². The summed E-state index contributed by atoms with van der Waals surface area (Å²) < 4.78 is 10.8. The molecule has 0 aliphatic rings. The van der Waals surface area contributed by atoms with Gasteiger partial charge in [0.1, 0.15) is 28.9 Å². The van der Waals surface area contributed by atoms with Gasteiger partial charge in [-0.2, -0.15) is 5.26 Å². The number of nitrogens with zero attached hydrogens (tertiary/aromatic N) is 1. The molecule has 3 aromatic rings. The highest BCUT2D eigenvalue weighted by Crippen LogP contribution is 2.31. The molecule has 0 aliphatic carbocycles. The van der Waals surface area contributed by atoms with E-state index in [4.69, 9.17) is 32.0 Å². The Morgan fingerprint density at radius 1 is 1.23 bits per heavy atom. The molecule has 1 amide bonds. The minimum absolute atomic E-state index is 0.0836. The van der Waals surface area contributed by atoms with E-state index in [1.54, 1.807) is 42.5 Å². The van der Waals surface area contributed by atoms with Crippen LogP contribution >= 0.6 is 23.2 Å². The number of carbonyl (C=O) groups excluding carboxylic acids is 1. The summed E-state index contributed by atoms with van der Waals surface area (Å²) in [4.78, 5) is 12.1. The van der Waals surface area contributed by atoms with Crippen LogP contribution in [-0.4, -0.2) is 5.91 Å². The van der Waals surface area contributed by atoms with Crippen LogP contribution in [0.4, 0.5) is 0 Å². The number of nitrogens with one attached hydrogen (secondary N) is 1. The molecular weight excluding hydrogens is 375 g/mol. The topological polar surface area (TPSA) is 79.2 Å². The Bertz CT molecular complexity index is 998. The van der Waals surface area contributed by atoms with Gasteiger partial charge in [0.2, 0.25) is 0 Å². The van der Waals surface area contributed by atoms with Crippen molar-refractivity contribution in [3.63, 3.8) is 0 Å². The van der Waals surface area contributed by atoms with Gasteiger partial charge >= 0.3 is 0 Å². The maximum Gasteiger partial charge on any atom is 0.262 e. The first-order chi connectivity index (χ1) is 12.6. The Morgan fingerprint density at radius 2 is 2.08 bits per heavy atom. The SMILES string of the molecule is N#CC(=Cc1ccc(-c2ccc(Cl)cc2Cl)o1)C(=O)NCc1ccco1. The Labute approximate surface area is 159 Å². The lowest BCUT2D eigenvalue weighted by Crippen LogP contribution is -2.23. The predicted molar refractivity (Wildman–Crippen MR) is 98.3 cm³/mol. The first kappa shape index (κ1) is 17.9. The largest absolute Gasteiger partial charge is 0.467 e. The Kier molecular flexibility index (Phi) is 5.47. The zero-order chi connectivity index (χ0) is 18.5. The number of benzene rings is 1. The van der Waals surface area contributed by atoms with Gasteiger partial charge in [0.25, 0.3) is 5.91 Å². The number of rotatable bonds is 5. The number of hydrogen-bond donors (Lipinski definition) is 1. The fourth-order valence-electron chi connectivity index (χ4n) is 2.23. The van der Waals surface area contributed by atoms with Gasteiger partial charge in [0, 0.05) is 16.7 Å². The number of hydrogen-bond acceptors (Lipinski definition) is 4. The van der Waals surface area contributed by atoms with Gasteiger partial charge in [0.15, 0.2) is 0 Å². The summed E-state index contributed by atoms with van der Waals surface area (Å²) in [6, 6.07) is 13.7. The molecule has 0 radical (unpaired) electrons. The Morgan fingerprint density at radius 3 is 2.77 bits per heavy atom. The molecule has 2 heterocycles. The van der Waals surface area contributed by atoms with Gasteiger partial charge in [-0.1, -0.05) is 23.2 Å². The molecule has 3 rings (SSSR count). The molecule has 130 valence electrons. The third-order valence-electron chi connectivity index (χ3n) is 3.48. The fourth-order valence-corrected chi connectivity index (χ4v) is 2.73. The molecule has 0 spiro atoms. The zero-order valence-corrected chi connectivity index (χ0v) is 14.8. The summed E-state index contributed by atoms with van der Waals surface area (Å²) in [6.45, 7) is 0.189. The lowest BCUT2D eigenvalue weighted by atomic mass is 10.2. The normalized spacial score (nSPS) is 11.2. The van der Waals surface area contributed by atoms with Crippen LogP contribution in [0.5, 0.6) is 0 Å². The number of furan rings is 2. The van der Waals surface area contributed by atoms with Crippen molar-refractivity contribution in [2.75, 3.05) is 0 Å². The summed E-state index contributed by atoms with van der Waals surface area (Å²) >= 11 is 12.0. The number of carbonyl (C=O) groups is 1. The molecule has 0 saturated heterocycles. The van der Waals surface area contributed by atoms with Crippen LogP contribution in [0.15, 0.2) is 63.1 Å². The fraction of sp³-hybridized carbons (Fsp3) is 0.0526. The van der Waals surface area contributed by atoms with E-state index in [9.17, 15) is 10.1 Å². The second kappa shape index (κ2) is 7.96. The average molecular weight is 387 g/mol. The lowest BCUT2D eigenvalue weighted by Gasteiger charge is -2.02. The third-order valence-corrected chi connectivity index (χ3v) is 4.03. The van der Waals surface area contributed by atoms with Crippen LogP contribution in [-0.2, 0) is 11.3 Å². The van der Waals surface area contributed by atoms with Crippen LogP contribution in [0, 0.1) is 11.3 Å². The van der Waals surface area contributed by atoms with Gasteiger partial charge in [-0.15, -0.1) is 0 Å². The maximum atomic E-state index is 12.1. The van der Waals surface area contributed by atoms with Crippen LogP contribution in [0.3, 0.4) is 0 Å². The minimum Gasteiger partial charge on any atom is -0.467 e. The molecule has 5 nitrogen and oxygen atoms in total. The van der Waals surface area contributed by atoms with Gasteiger partial charge in [0.05, 0.1) is 17.8 Å². The Balaban J connectivity index is 1.76. The number of halogens is 2. The monoisotopic (exact) mass is 386 g/mol. The highest BCUT2D eigenvalue weighted by atomic mass is 35.5. The smallest absolute Gasteiger partial charge is 0.262 e. The van der Waals surface area contributed by atoms with E-state index in [0.717, 1.165) is 0 Å². The minimum atomic E-state index is -0.522. The standard InChI is InChI=1S/C19H12Cl2N2O3/c20-13-3-5-16(17(21)9-13)18-6-4-14(26-18)8-12(10-22)19(24)23-11-15-2-1-7-25-15/h1-9H,11H2,(H,23,24). The molecule has 7 heteroatoms. The van der Waals surface area contributed by atoms with Crippen LogP contribution < -0.4 is 5.32 Å². The van der Waals surface area contributed by atoms with Gasteiger partial charge in [-0.3, -0.25) is 4.79 Å². The number of amides is 1. The van der Waals surface area contributed by atoms with E-state index in [-0.39, 0.29) is 12.1 Å². The van der Waals surface area contributed by atoms with Crippen molar-refractivity contribution in [2.45, 2.75) is 6.54 Å². The molecule has 0 unspecified atom stereocenters. The van der Waals surface area contributed by atoms with E-state index < -0.39 is 5.91 Å². The van der Waals surface area contributed by atoms with Crippen molar-refractivity contribution in [3.05, 3.63) is 75.9 Å². The van der Waals surface area contributed by atoms with Crippen molar-refractivity contribution in [1.82, 2.24) is 5.32 Å². The third kappa shape index (κ3) is 4.17. The molecule has 0 bridgehead atoms. The van der Waals surface area contributed by atoms with Gasteiger partial charge < -0.3 is 14.2 Å². The summed E-state index contributed by atoms with van der Waals surface area (Å²) in [6.07, 6.45) is 2.87. The summed E-state index contributed by atoms with van der Waals surface area (Å²) in [7, 11) is 0. The molecule has 1 N–H and O–H groups in total. The van der Waals surface area contributed by atoms with Crippen molar-refractivity contribution in [3.8, 4) is 17.4 Å². The summed E-state index contributed by atoms with van der Waals surface area (Å²) in [5.41, 5.74) is 0.580. The molecule has 2 aromatic heterocycles. The first-order valence-corrected chi connectivity index (χ1v) is 8.30. The molecule has 1 aromatic carbocycles. The number of nitriles is 1. The van der Waals surface area contributed by atoms with Crippen molar-refractivity contribution in [2.24, 2.45) is 0 Å². The molecule has 0 saturated carbocycles. The van der Waals surface area contributed by atoms with Gasteiger partial charge in [-0.05, 0) is 42.5 Å². The molecule has 0 fully saturated rings. The molecule has 0 atom stereocenters. The molecule has 0 aliphatic heterocycles. The summed E-state index contributed by atoms with van der Waals surface area (Å²) in [5.74, 6) is 0.932. The Hall–Kier alpha value is -2.94. The van der Waals surface area contributed by atoms with Crippen LogP contribution in [0.1, 0.15) is 11.5 Å². The van der Waals surface area contributed by atoms with Crippen molar-refractivity contribution < 1.29 is 13.6 Å². The lowest BCUT2D eigenvalue weighted by molar-refractivity contribution is -0.117. The van der Waals surface area contributed by atoms with E-state index >= 15 is 0 Å². The van der Waals surface area contributed by atoms with E-state index in [1.165, 1.54) is 12.3 Å². The zero-order valence-electron chi connectivity index (χ0n) is 13.3. The highest BCUT2D eigenvalue weighted by molar-refractivity contribution is 6.36. The first-order valence-electron chi connectivity index (χ1n) is 7.54. The molecular formula is C19H12Cl2N2O3. The molecule has 26 heavy (non-hydrogen) atoms.